The molecule has 0 aliphatic carbocycles. The number of aliphatic carboxylic acids is 6. The standard InChI is InChI=1S/C86H186O23Si12/c1-110(2,3)99-112(6,7)101-113(8,9)102-114(10,11)103-115(12,13)104-116(14,15)105-118(17,77-65-53-41-29-23-35-47-59-71-83(91)92)107-120(19,79-67-55-43-31-25-37-49-61-73-85(95)96)109-121(20,80-68-56-44-32-26-38-50-62-74-86(97)98)108-119(18,78-66-54-42-30-24-36-48-60-72-84(93)94)106-117(16,76-64-52-40-28-22-34-46-58-70-82(89)90)100-111(4,5)75-63-51-39-27-21-33-45-57-69-81(87)88/h21-80H2,1-20H3,(H,87,88)(H,89,90)(H,91,92)(H,93,94)(H,95,96)(H,97,98). The lowest BCUT2D eigenvalue weighted by Gasteiger charge is -2.48. The van der Waals surface area contributed by atoms with E-state index in [4.69, 9.17) is 45.3 Å². The molecule has 23 nitrogen and oxygen atoms in total. The zero-order valence-electron chi connectivity index (χ0n) is 81.0. The van der Waals surface area contributed by atoms with Gasteiger partial charge in [-0.3, -0.25) is 28.8 Å². The highest BCUT2D eigenvalue weighted by Crippen LogP contribution is 2.40. The van der Waals surface area contributed by atoms with E-state index < -0.39 is 138 Å². The first-order valence-electron chi connectivity index (χ1n) is 48.3. The molecule has 0 fully saturated rings. The van der Waals surface area contributed by atoms with Crippen LogP contribution >= 0.6 is 0 Å². The maximum absolute atomic E-state index is 11.4. The molecule has 0 aromatic rings. The fraction of sp³-hybridized carbons (Fsp3) is 0.930. The smallest absolute Gasteiger partial charge is 0.317 e. The van der Waals surface area contributed by atoms with Gasteiger partial charge in [-0.2, -0.15) is 0 Å². The number of unbranched alkanes of at least 4 members (excludes halogenated alkanes) is 42. The number of hydrogen-bond acceptors (Lipinski definition) is 17. The van der Waals surface area contributed by atoms with Gasteiger partial charge in [0.1, 0.15) is 0 Å². The van der Waals surface area contributed by atoms with Crippen LogP contribution < -0.4 is 0 Å². The molecule has 6 N–H and O–H groups in total. The van der Waals surface area contributed by atoms with Gasteiger partial charge in [0.15, 0.2) is 16.6 Å². The molecular formula is C86H186O23Si12. The molecule has 0 aromatic carbocycles. The molecule has 0 rings (SSSR count). The minimum atomic E-state index is -3.41. The van der Waals surface area contributed by atoms with Crippen molar-refractivity contribution in [2.45, 2.75) is 514 Å². The van der Waals surface area contributed by atoms with Crippen molar-refractivity contribution in [1.29, 1.82) is 0 Å². The molecule has 0 saturated heterocycles. The Morgan fingerprint density at radius 3 is 0.463 bits per heavy atom. The lowest BCUT2D eigenvalue weighted by Crippen LogP contribution is -2.64. The highest BCUT2D eigenvalue weighted by molar-refractivity contribution is 6.94. The van der Waals surface area contributed by atoms with E-state index in [1.807, 2.05) is 0 Å². The molecule has 0 amide bonds. The molecule has 121 heavy (non-hydrogen) atoms. The average Bonchev–Trinajstić information content (AvgIpc) is 0.778. The van der Waals surface area contributed by atoms with Crippen molar-refractivity contribution < 1.29 is 105 Å². The Kier molecular flexibility index (Phi) is 64.2. The first kappa shape index (κ1) is 120. The van der Waals surface area contributed by atoms with E-state index in [1.54, 1.807) is 0 Å². The van der Waals surface area contributed by atoms with E-state index >= 15 is 0 Å². The van der Waals surface area contributed by atoms with Gasteiger partial charge in [0.2, 0.25) is 0 Å². The third kappa shape index (κ3) is 73.4. The van der Waals surface area contributed by atoms with E-state index in [-0.39, 0.29) is 38.5 Å². The van der Waals surface area contributed by atoms with E-state index in [2.05, 4.69) is 131 Å². The maximum Gasteiger partial charge on any atom is 0.317 e. The van der Waals surface area contributed by atoms with E-state index in [0.717, 1.165) is 312 Å². The summed E-state index contributed by atoms with van der Waals surface area (Å²) in [4.78, 5) is 67.9. The molecule has 716 valence electrons. The molecule has 0 heterocycles. The monoisotopic (exact) mass is 1920 g/mol. The molecule has 0 saturated carbocycles. The van der Waals surface area contributed by atoms with Crippen molar-refractivity contribution in [3.63, 3.8) is 0 Å². The topological polar surface area (TPSA) is 325 Å². The lowest BCUT2D eigenvalue weighted by atomic mass is 10.1. The van der Waals surface area contributed by atoms with E-state index in [1.165, 1.54) is 0 Å². The van der Waals surface area contributed by atoms with Crippen molar-refractivity contribution in [2.75, 3.05) is 0 Å². The van der Waals surface area contributed by atoms with Gasteiger partial charge in [-0.05, 0) is 206 Å². The number of rotatable bonds is 88. The Morgan fingerprint density at radius 1 is 0.157 bits per heavy atom. The van der Waals surface area contributed by atoms with E-state index in [9.17, 15) is 59.4 Å². The zero-order valence-corrected chi connectivity index (χ0v) is 93.0. The van der Waals surface area contributed by atoms with Gasteiger partial charge in [-0.25, -0.2) is 0 Å². The quantitative estimate of drug-likeness (QED) is 0.0243. The first-order valence-corrected chi connectivity index (χ1v) is 81.5. The van der Waals surface area contributed by atoms with Gasteiger partial charge in [-0.1, -0.05) is 270 Å². The molecule has 5 atom stereocenters. The van der Waals surface area contributed by atoms with Gasteiger partial charge < -0.3 is 75.9 Å². The van der Waals surface area contributed by atoms with Crippen LogP contribution in [0.2, 0.25) is 167 Å². The Labute approximate surface area is 751 Å². The predicted molar refractivity (Wildman–Crippen MR) is 522 cm³/mol. The molecule has 0 aliphatic heterocycles. The maximum atomic E-state index is 11.4. The Balaban J connectivity index is 8.56. The van der Waals surface area contributed by atoms with Crippen LogP contribution in [0.5, 0.6) is 0 Å². The van der Waals surface area contributed by atoms with E-state index in [0.29, 0.717) is 32.1 Å². The predicted octanol–water partition coefficient (Wildman–Crippen LogP) is 27.7. The van der Waals surface area contributed by atoms with Crippen molar-refractivity contribution in [2.24, 2.45) is 0 Å². The van der Waals surface area contributed by atoms with Crippen LogP contribution in [0.25, 0.3) is 0 Å². The van der Waals surface area contributed by atoms with Crippen molar-refractivity contribution in [3.8, 4) is 0 Å². The largest absolute Gasteiger partial charge is 0.481 e. The number of carboxylic acids is 6. The van der Waals surface area contributed by atoms with Gasteiger partial charge in [-0.15, -0.1) is 0 Å². The summed E-state index contributed by atoms with van der Waals surface area (Å²) < 4.78 is 84.0. The van der Waals surface area contributed by atoms with Crippen LogP contribution in [0, 0.1) is 0 Å². The second kappa shape index (κ2) is 64.7. The third-order valence-electron chi connectivity index (χ3n) is 22.0. The highest BCUT2D eigenvalue weighted by atomic mass is 28.5. The number of carboxylic acid groups (broad SMARTS) is 6. The second-order valence-corrected chi connectivity index (χ2v) is 85.1. The first-order chi connectivity index (χ1) is 56.3. The van der Waals surface area contributed by atoms with Gasteiger partial charge in [0, 0.05) is 38.5 Å². The Hall–Kier alpha value is -1.02. The second-order valence-electron chi connectivity index (χ2n) is 40.0. The molecule has 0 radical (unpaired) electrons. The average molecular weight is 1930 g/mol. The molecule has 0 aromatic heterocycles. The lowest BCUT2D eigenvalue weighted by molar-refractivity contribution is -0.138. The Bertz CT molecular complexity index is 2760. The molecular weight excluding hydrogens is 1740 g/mol. The van der Waals surface area contributed by atoms with Gasteiger partial charge in [0.25, 0.3) is 0 Å². The van der Waals surface area contributed by atoms with Crippen molar-refractivity contribution >= 4 is 138 Å². The van der Waals surface area contributed by atoms with Crippen LogP contribution in [0.15, 0.2) is 0 Å². The number of hydrogen-bond donors (Lipinski definition) is 6. The van der Waals surface area contributed by atoms with Gasteiger partial charge in [0.05, 0.1) is 0 Å². The minimum absolute atomic E-state index is 0.197. The van der Waals surface area contributed by atoms with Crippen LogP contribution in [0.1, 0.15) is 347 Å². The van der Waals surface area contributed by atoms with Gasteiger partial charge >= 0.3 is 121 Å². The highest BCUT2D eigenvalue weighted by Gasteiger charge is 2.56. The van der Waals surface area contributed by atoms with Crippen molar-refractivity contribution in [1.82, 2.24) is 0 Å². The fourth-order valence-corrected chi connectivity index (χ4v) is 81.4. The molecule has 35 heteroatoms. The molecule has 0 bridgehead atoms. The zero-order chi connectivity index (χ0) is 91.7. The summed E-state index contributed by atoms with van der Waals surface area (Å²) in [6.45, 7) is 44.0. The fourth-order valence-electron chi connectivity index (χ4n) is 17.6. The normalized spacial score (nSPS) is 15.4. The molecule has 5 unspecified atom stereocenters. The minimum Gasteiger partial charge on any atom is -0.481 e. The molecule has 0 spiro atoms. The summed E-state index contributed by atoms with van der Waals surface area (Å²) in [7, 11) is -35.3. The SMILES string of the molecule is C[Si](C)(C)O[Si](C)(C)O[Si](C)(C)O[Si](C)(C)O[Si](C)(C)O[Si](C)(C)O[Si](C)(CCCCCCCCCCC(=O)O)O[Si](C)(CCCCCCCCCCC(=O)O)O[Si](C)(CCCCCCCCCCC(=O)O)O[Si](C)(CCCCCCCCCCC(=O)O)O[Si](C)(CCCCCCCCCCC(=O)O)O[Si](C)(C)CCCCCCCCCCC(=O)O. The van der Waals surface area contributed by atoms with Crippen LogP contribution in [-0.4, -0.2) is 169 Å². The summed E-state index contributed by atoms with van der Waals surface area (Å²) in [5, 5.41) is 55.8. The number of carbonyl (C=O) groups is 6. The van der Waals surface area contributed by atoms with Crippen LogP contribution in [0.3, 0.4) is 0 Å². The Morgan fingerprint density at radius 2 is 0.289 bits per heavy atom. The summed E-state index contributed by atoms with van der Waals surface area (Å²) in [6.07, 6.45) is 48.0. The molecule has 0 aliphatic rings. The van der Waals surface area contributed by atoms with Crippen LogP contribution in [-0.2, 0) is 74.0 Å². The summed E-state index contributed by atoms with van der Waals surface area (Å²) in [5.41, 5.74) is 0. The summed E-state index contributed by atoms with van der Waals surface area (Å²) in [5.74, 6) is -4.45. The van der Waals surface area contributed by atoms with Crippen molar-refractivity contribution in [3.05, 3.63) is 0 Å². The van der Waals surface area contributed by atoms with Crippen LogP contribution in [0.4, 0.5) is 0 Å². The summed E-state index contributed by atoms with van der Waals surface area (Å²) >= 11 is 0. The summed E-state index contributed by atoms with van der Waals surface area (Å²) in [6, 6.07) is 4.79. The third-order valence-corrected chi connectivity index (χ3v) is 71.4.